The number of hydrogen-bond acceptors (Lipinski definition) is 5. The SMILES string of the molecule is CCN(CC)c1ccc(-c2nnc(SCC(=O)N3CCCc4ccccc43)n2CC)cc1. The molecule has 2 aromatic carbocycles. The van der Waals surface area contributed by atoms with Gasteiger partial charge in [0.25, 0.3) is 0 Å². The van der Waals surface area contributed by atoms with E-state index in [2.05, 4.69) is 70.8 Å². The Hall–Kier alpha value is -2.80. The van der Waals surface area contributed by atoms with Crippen LogP contribution in [-0.2, 0) is 17.8 Å². The molecule has 1 amide bonds. The molecule has 7 heteroatoms. The van der Waals surface area contributed by atoms with E-state index in [1.165, 1.54) is 23.0 Å². The lowest BCUT2D eigenvalue weighted by Gasteiger charge is -2.29. The molecule has 6 nitrogen and oxygen atoms in total. The van der Waals surface area contributed by atoms with Crippen LogP contribution in [0.3, 0.4) is 0 Å². The quantitative estimate of drug-likeness (QED) is 0.459. The highest BCUT2D eigenvalue weighted by Gasteiger charge is 2.23. The molecule has 0 fully saturated rings. The summed E-state index contributed by atoms with van der Waals surface area (Å²) in [6, 6.07) is 16.7. The first-order valence-corrected chi connectivity index (χ1v) is 12.4. The molecule has 0 atom stereocenters. The van der Waals surface area contributed by atoms with Crippen LogP contribution in [0.1, 0.15) is 32.8 Å². The molecule has 0 bridgehead atoms. The highest BCUT2D eigenvalue weighted by atomic mass is 32.2. The minimum Gasteiger partial charge on any atom is -0.372 e. The lowest BCUT2D eigenvalue weighted by molar-refractivity contribution is -0.116. The normalized spacial score (nSPS) is 13.2. The van der Waals surface area contributed by atoms with Gasteiger partial charge in [0.2, 0.25) is 5.91 Å². The fourth-order valence-electron chi connectivity index (χ4n) is 4.30. The molecular weight excluding hydrogens is 418 g/mol. The third kappa shape index (κ3) is 4.53. The van der Waals surface area contributed by atoms with Crippen LogP contribution in [0.15, 0.2) is 53.7 Å². The number of hydrogen-bond donors (Lipinski definition) is 0. The molecule has 4 rings (SSSR count). The summed E-state index contributed by atoms with van der Waals surface area (Å²) in [5.41, 5.74) is 4.56. The van der Waals surface area contributed by atoms with Crippen molar-refractivity contribution in [2.24, 2.45) is 0 Å². The fourth-order valence-corrected chi connectivity index (χ4v) is 5.18. The average molecular weight is 450 g/mol. The fraction of sp³-hybridized carbons (Fsp3) is 0.400. The van der Waals surface area contributed by atoms with Crippen LogP contribution in [0, 0.1) is 0 Å². The number of carbonyl (C=O) groups is 1. The summed E-state index contributed by atoms with van der Waals surface area (Å²) in [6.45, 7) is 9.92. The molecule has 1 aliphatic rings. The van der Waals surface area contributed by atoms with Crippen LogP contribution in [0.25, 0.3) is 11.4 Å². The number of benzene rings is 2. The average Bonchev–Trinajstić information content (AvgIpc) is 3.26. The third-order valence-electron chi connectivity index (χ3n) is 6.02. The van der Waals surface area contributed by atoms with E-state index in [1.807, 2.05) is 23.1 Å². The second-order valence-corrected chi connectivity index (χ2v) is 8.78. The standard InChI is InChI=1S/C25H31N5OS/c1-4-28(5-2)21-15-13-20(14-16-21)24-26-27-25(29(24)6-3)32-18-23(31)30-17-9-11-19-10-7-8-12-22(19)30/h7-8,10,12-16H,4-6,9,11,17-18H2,1-3H3. The first-order valence-electron chi connectivity index (χ1n) is 11.5. The highest BCUT2D eigenvalue weighted by molar-refractivity contribution is 7.99. The highest BCUT2D eigenvalue weighted by Crippen LogP contribution is 2.29. The Balaban J connectivity index is 1.48. The van der Waals surface area contributed by atoms with Gasteiger partial charge < -0.3 is 14.4 Å². The summed E-state index contributed by atoms with van der Waals surface area (Å²) in [5.74, 6) is 1.32. The van der Waals surface area contributed by atoms with Gasteiger partial charge in [0.15, 0.2) is 11.0 Å². The van der Waals surface area contributed by atoms with Crippen molar-refractivity contribution in [2.45, 2.75) is 45.3 Å². The third-order valence-corrected chi connectivity index (χ3v) is 6.97. The van der Waals surface area contributed by atoms with E-state index >= 15 is 0 Å². The predicted molar refractivity (Wildman–Crippen MR) is 133 cm³/mol. The monoisotopic (exact) mass is 449 g/mol. The van der Waals surface area contributed by atoms with Crippen LogP contribution in [0.5, 0.6) is 0 Å². The predicted octanol–water partition coefficient (Wildman–Crippen LogP) is 4.88. The molecule has 0 unspecified atom stereocenters. The lowest BCUT2D eigenvalue weighted by Crippen LogP contribution is -2.36. The van der Waals surface area contributed by atoms with Gasteiger partial charge in [-0.05, 0) is 69.5 Å². The van der Waals surface area contributed by atoms with Gasteiger partial charge in [0.05, 0.1) is 5.75 Å². The topological polar surface area (TPSA) is 54.3 Å². The van der Waals surface area contributed by atoms with Crippen molar-refractivity contribution in [2.75, 3.05) is 35.2 Å². The van der Waals surface area contributed by atoms with Crippen molar-refractivity contribution >= 4 is 29.0 Å². The molecule has 1 aromatic heterocycles. The number of rotatable bonds is 8. The van der Waals surface area contributed by atoms with E-state index in [1.54, 1.807) is 0 Å². The molecule has 0 N–H and O–H groups in total. The number of thioether (sulfide) groups is 1. The van der Waals surface area contributed by atoms with E-state index in [0.717, 1.165) is 61.3 Å². The largest absolute Gasteiger partial charge is 0.372 e. The minimum atomic E-state index is 0.123. The second kappa shape index (κ2) is 10.2. The maximum absolute atomic E-state index is 13.0. The number of nitrogens with zero attached hydrogens (tertiary/aromatic N) is 5. The molecule has 168 valence electrons. The zero-order valence-electron chi connectivity index (χ0n) is 19.1. The first-order chi connectivity index (χ1) is 15.7. The van der Waals surface area contributed by atoms with Crippen LogP contribution in [-0.4, -0.2) is 46.1 Å². The van der Waals surface area contributed by atoms with E-state index in [9.17, 15) is 4.79 Å². The van der Waals surface area contributed by atoms with Gasteiger partial charge in [-0.1, -0.05) is 30.0 Å². The lowest BCUT2D eigenvalue weighted by atomic mass is 10.0. The van der Waals surface area contributed by atoms with Gasteiger partial charge in [-0.3, -0.25) is 4.79 Å². The van der Waals surface area contributed by atoms with Crippen molar-refractivity contribution in [1.82, 2.24) is 14.8 Å². The molecule has 0 radical (unpaired) electrons. The summed E-state index contributed by atoms with van der Waals surface area (Å²) in [7, 11) is 0. The van der Waals surface area contributed by atoms with Crippen molar-refractivity contribution in [3.63, 3.8) is 0 Å². The molecule has 0 saturated carbocycles. The number of aryl methyl sites for hydroxylation is 1. The number of anilines is 2. The molecule has 32 heavy (non-hydrogen) atoms. The zero-order chi connectivity index (χ0) is 22.5. The number of fused-ring (bicyclic) bond motifs is 1. The number of carbonyl (C=O) groups excluding carboxylic acids is 1. The Morgan fingerprint density at radius 3 is 2.50 bits per heavy atom. The Morgan fingerprint density at radius 2 is 1.78 bits per heavy atom. The smallest absolute Gasteiger partial charge is 0.237 e. The van der Waals surface area contributed by atoms with Crippen LogP contribution >= 0.6 is 11.8 Å². The van der Waals surface area contributed by atoms with Crippen molar-refractivity contribution in [3.05, 3.63) is 54.1 Å². The van der Waals surface area contributed by atoms with Crippen molar-refractivity contribution in [3.8, 4) is 11.4 Å². The van der Waals surface area contributed by atoms with Crippen molar-refractivity contribution < 1.29 is 4.79 Å². The van der Waals surface area contributed by atoms with Crippen LogP contribution < -0.4 is 9.80 Å². The maximum atomic E-state index is 13.0. The van der Waals surface area contributed by atoms with Gasteiger partial charge >= 0.3 is 0 Å². The molecule has 0 aliphatic carbocycles. The summed E-state index contributed by atoms with van der Waals surface area (Å²) in [4.78, 5) is 17.3. The molecular formula is C25H31N5OS. The van der Waals surface area contributed by atoms with E-state index in [0.29, 0.717) is 5.75 Å². The number of para-hydroxylation sites is 1. The molecule has 0 saturated heterocycles. The molecule has 1 aliphatic heterocycles. The first kappa shape index (κ1) is 22.4. The summed E-state index contributed by atoms with van der Waals surface area (Å²) < 4.78 is 2.09. The van der Waals surface area contributed by atoms with Gasteiger partial charge in [-0.15, -0.1) is 10.2 Å². The van der Waals surface area contributed by atoms with Gasteiger partial charge in [-0.25, -0.2) is 0 Å². The van der Waals surface area contributed by atoms with E-state index in [-0.39, 0.29) is 5.91 Å². The van der Waals surface area contributed by atoms with Crippen molar-refractivity contribution in [1.29, 1.82) is 0 Å². The Bertz CT molecular complexity index is 1060. The molecule has 3 aromatic rings. The summed E-state index contributed by atoms with van der Waals surface area (Å²) in [5, 5.41) is 9.65. The van der Waals surface area contributed by atoms with Gasteiger partial charge in [0.1, 0.15) is 0 Å². The Kier molecular flexibility index (Phi) is 7.15. The maximum Gasteiger partial charge on any atom is 0.237 e. The minimum absolute atomic E-state index is 0.123. The molecule has 0 spiro atoms. The van der Waals surface area contributed by atoms with E-state index < -0.39 is 0 Å². The van der Waals surface area contributed by atoms with Gasteiger partial charge in [-0.2, -0.15) is 0 Å². The van der Waals surface area contributed by atoms with E-state index in [4.69, 9.17) is 0 Å². The van der Waals surface area contributed by atoms with Crippen LogP contribution in [0.4, 0.5) is 11.4 Å². The zero-order valence-corrected chi connectivity index (χ0v) is 19.9. The Labute approximate surface area is 194 Å². The number of aromatic nitrogens is 3. The Morgan fingerprint density at radius 1 is 1.03 bits per heavy atom. The second-order valence-electron chi connectivity index (χ2n) is 7.84. The van der Waals surface area contributed by atoms with Crippen LogP contribution in [0.2, 0.25) is 0 Å². The van der Waals surface area contributed by atoms with Gasteiger partial charge in [0, 0.05) is 43.1 Å². The summed E-state index contributed by atoms with van der Waals surface area (Å²) in [6.07, 6.45) is 2.04. The number of amides is 1. The summed E-state index contributed by atoms with van der Waals surface area (Å²) >= 11 is 1.47. The molecule has 2 heterocycles.